The zero-order valence-electron chi connectivity index (χ0n) is 3.33. The third kappa shape index (κ3) is 1.03. The predicted octanol–water partition coefficient (Wildman–Crippen LogP) is -0.434. The molecule has 0 spiro atoms. The van der Waals surface area contributed by atoms with Crippen LogP contribution in [0.3, 0.4) is 0 Å². The highest BCUT2D eigenvalue weighted by Crippen LogP contribution is 2.47. The molecule has 0 unspecified atom stereocenters. The van der Waals surface area contributed by atoms with Crippen molar-refractivity contribution in [2.24, 2.45) is 0 Å². The van der Waals surface area contributed by atoms with E-state index in [0.717, 1.165) is 0 Å². The quantitative estimate of drug-likeness (QED) is 0.411. The minimum atomic E-state index is -3.88. The molecule has 3 N–H and O–H groups in total. The van der Waals surface area contributed by atoms with E-state index in [1.165, 1.54) is 6.20 Å². The highest BCUT2D eigenvalue weighted by molar-refractivity contribution is 7.56. The molecule has 0 saturated carbocycles. The molecule has 0 aromatic rings. The van der Waals surface area contributed by atoms with Gasteiger partial charge in [-0.15, -0.1) is 0 Å². The Balaban J connectivity index is 2.72. The molecule has 1 heterocycles. The summed E-state index contributed by atoms with van der Waals surface area (Å²) in [6, 6.07) is 0. The Labute approximate surface area is 40.0 Å². The third-order valence-electron chi connectivity index (χ3n) is 0.587. The van der Waals surface area contributed by atoms with E-state index >= 15 is 0 Å². The van der Waals surface area contributed by atoms with Crippen molar-refractivity contribution in [3.05, 3.63) is 11.6 Å². The van der Waals surface area contributed by atoms with Crippen molar-refractivity contribution in [3.8, 4) is 0 Å². The molecule has 0 fully saturated rings. The van der Waals surface area contributed by atoms with E-state index in [1.807, 2.05) is 0 Å². The van der Waals surface area contributed by atoms with Gasteiger partial charge >= 0.3 is 7.60 Å². The molecule has 0 bridgehead atoms. The first-order chi connectivity index (χ1) is 3.11. The molecule has 0 aromatic carbocycles. The SMILES string of the molecule is O=P(O)(O)C1=CN1. The van der Waals surface area contributed by atoms with Crippen LogP contribution in [0.2, 0.25) is 0 Å². The minimum absolute atomic E-state index is 0.0347. The average Bonchev–Trinajstić information content (AvgIpc) is 1.99. The highest BCUT2D eigenvalue weighted by Gasteiger charge is 2.26. The molecule has 1 aliphatic heterocycles. The molecule has 7 heavy (non-hydrogen) atoms. The minimum Gasteiger partial charge on any atom is -0.352 e. The smallest absolute Gasteiger partial charge is 0.352 e. The second-order valence-corrected chi connectivity index (χ2v) is 2.79. The molecule has 0 saturated heterocycles. The van der Waals surface area contributed by atoms with Crippen LogP contribution in [0.5, 0.6) is 0 Å². The van der Waals surface area contributed by atoms with E-state index < -0.39 is 7.60 Å². The molecule has 0 radical (unpaired) electrons. The second kappa shape index (κ2) is 1.10. The largest absolute Gasteiger partial charge is 0.373 e. The maximum absolute atomic E-state index is 9.96. The number of hydrogen-bond donors (Lipinski definition) is 3. The van der Waals surface area contributed by atoms with E-state index in [-0.39, 0.29) is 5.44 Å². The lowest BCUT2D eigenvalue weighted by Gasteiger charge is -1.90. The summed E-state index contributed by atoms with van der Waals surface area (Å²) in [4.78, 5) is 16.3. The lowest BCUT2D eigenvalue weighted by Crippen LogP contribution is -1.79. The molecule has 4 nitrogen and oxygen atoms in total. The summed E-state index contributed by atoms with van der Waals surface area (Å²) < 4.78 is 9.96. The molecular formula is C2H4NO3P. The summed E-state index contributed by atoms with van der Waals surface area (Å²) in [6.45, 7) is 0. The summed E-state index contributed by atoms with van der Waals surface area (Å²) in [7, 11) is -3.88. The van der Waals surface area contributed by atoms with Gasteiger partial charge in [0, 0.05) is 6.20 Å². The molecule has 0 aromatic heterocycles. The van der Waals surface area contributed by atoms with E-state index in [0.29, 0.717) is 0 Å². The number of nitrogens with one attached hydrogen (secondary N) is 1. The normalized spacial score (nSPS) is 17.7. The summed E-state index contributed by atoms with van der Waals surface area (Å²) in [5.74, 6) is 0. The fourth-order valence-corrected chi connectivity index (χ4v) is 0.601. The third-order valence-corrected chi connectivity index (χ3v) is 1.47. The van der Waals surface area contributed by atoms with E-state index in [9.17, 15) is 4.57 Å². The first-order valence-electron chi connectivity index (χ1n) is 1.63. The number of hydrogen-bond acceptors (Lipinski definition) is 2. The lowest BCUT2D eigenvalue weighted by atomic mass is 11.3. The van der Waals surface area contributed by atoms with E-state index in [1.54, 1.807) is 0 Å². The van der Waals surface area contributed by atoms with E-state index in [4.69, 9.17) is 9.79 Å². The topological polar surface area (TPSA) is 79.5 Å². The summed E-state index contributed by atoms with van der Waals surface area (Å²) in [6.07, 6.45) is 1.28. The summed E-state index contributed by atoms with van der Waals surface area (Å²) in [5.41, 5.74) is 0.0347. The van der Waals surface area contributed by atoms with Crippen LogP contribution in [0, 0.1) is 0 Å². The van der Waals surface area contributed by atoms with Crippen molar-refractivity contribution < 1.29 is 14.4 Å². The van der Waals surface area contributed by atoms with Gasteiger partial charge < -0.3 is 15.1 Å². The average molecular weight is 121 g/mol. The van der Waals surface area contributed by atoms with Crippen LogP contribution in [-0.4, -0.2) is 9.79 Å². The van der Waals surface area contributed by atoms with Gasteiger partial charge in [0.2, 0.25) is 0 Å². The van der Waals surface area contributed by atoms with Crippen molar-refractivity contribution in [2.75, 3.05) is 0 Å². The Morgan fingerprint density at radius 2 is 2.14 bits per heavy atom. The maximum atomic E-state index is 9.96. The molecule has 1 aliphatic rings. The van der Waals surface area contributed by atoms with Crippen molar-refractivity contribution in [1.82, 2.24) is 5.32 Å². The van der Waals surface area contributed by atoms with Crippen molar-refractivity contribution in [1.29, 1.82) is 0 Å². The zero-order chi connectivity index (χ0) is 5.49. The summed E-state index contributed by atoms with van der Waals surface area (Å²) in [5, 5.41) is 2.30. The zero-order valence-corrected chi connectivity index (χ0v) is 4.22. The number of rotatable bonds is 1. The Morgan fingerprint density at radius 1 is 1.71 bits per heavy atom. The molecule has 0 atom stereocenters. The standard InChI is InChI=1S/C2H4NO3P/c4-7(5,6)2-1-3-2/h1,3H,(H2,4,5,6). The molecule has 40 valence electrons. The van der Waals surface area contributed by atoms with Gasteiger partial charge in [0.1, 0.15) is 5.44 Å². The van der Waals surface area contributed by atoms with Gasteiger partial charge in [-0.2, -0.15) is 0 Å². The van der Waals surface area contributed by atoms with Gasteiger partial charge in [-0.3, -0.25) is 4.57 Å². The van der Waals surface area contributed by atoms with Gasteiger partial charge in [-0.25, -0.2) is 0 Å². The molecular weight excluding hydrogens is 117 g/mol. The maximum Gasteiger partial charge on any atom is 0.373 e. The Kier molecular flexibility index (Phi) is 0.757. The second-order valence-electron chi connectivity index (χ2n) is 1.22. The van der Waals surface area contributed by atoms with Crippen molar-refractivity contribution >= 4 is 7.60 Å². The van der Waals surface area contributed by atoms with Crippen LogP contribution in [0.4, 0.5) is 0 Å². The molecule has 1 rings (SSSR count). The van der Waals surface area contributed by atoms with Crippen LogP contribution < -0.4 is 5.32 Å². The van der Waals surface area contributed by atoms with Gasteiger partial charge in [0.05, 0.1) is 0 Å². The Bertz CT molecular complexity index is 156. The fourth-order valence-electron chi connectivity index (χ4n) is 0.200. The van der Waals surface area contributed by atoms with Crippen LogP contribution in [0.15, 0.2) is 11.6 Å². The molecule has 0 aliphatic carbocycles. The Hall–Kier alpha value is -0.310. The molecule has 5 heteroatoms. The van der Waals surface area contributed by atoms with Crippen LogP contribution in [0.1, 0.15) is 0 Å². The van der Waals surface area contributed by atoms with Crippen molar-refractivity contribution in [3.63, 3.8) is 0 Å². The van der Waals surface area contributed by atoms with Crippen molar-refractivity contribution in [2.45, 2.75) is 0 Å². The first-order valence-corrected chi connectivity index (χ1v) is 3.25. The Morgan fingerprint density at radius 3 is 2.14 bits per heavy atom. The van der Waals surface area contributed by atoms with Gasteiger partial charge in [0.15, 0.2) is 0 Å². The predicted molar refractivity (Wildman–Crippen MR) is 23.3 cm³/mol. The summed E-state index contributed by atoms with van der Waals surface area (Å²) >= 11 is 0. The van der Waals surface area contributed by atoms with Gasteiger partial charge in [-0.1, -0.05) is 0 Å². The van der Waals surface area contributed by atoms with Gasteiger partial charge in [0.25, 0.3) is 0 Å². The molecule has 0 amide bonds. The van der Waals surface area contributed by atoms with Crippen LogP contribution in [-0.2, 0) is 4.57 Å². The first kappa shape index (κ1) is 4.84. The highest BCUT2D eigenvalue weighted by atomic mass is 31.2. The monoisotopic (exact) mass is 121 g/mol. The lowest BCUT2D eigenvalue weighted by molar-refractivity contribution is 0.383. The van der Waals surface area contributed by atoms with Crippen LogP contribution >= 0.6 is 7.60 Å². The van der Waals surface area contributed by atoms with E-state index in [2.05, 4.69) is 5.32 Å². The van der Waals surface area contributed by atoms with Gasteiger partial charge in [-0.05, 0) is 0 Å². The van der Waals surface area contributed by atoms with Crippen LogP contribution in [0.25, 0.3) is 0 Å². The fraction of sp³-hybridized carbons (Fsp3) is 0.